The van der Waals surface area contributed by atoms with Crippen LogP contribution in [0.2, 0.25) is 10.0 Å². The van der Waals surface area contributed by atoms with Crippen molar-refractivity contribution >= 4 is 23.2 Å². The van der Waals surface area contributed by atoms with Gasteiger partial charge in [-0.1, -0.05) is 36.2 Å². The summed E-state index contributed by atoms with van der Waals surface area (Å²) >= 11 is 11.7. The van der Waals surface area contributed by atoms with Crippen LogP contribution in [0.1, 0.15) is 13.3 Å². The van der Waals surface area contributed by atoms with Gasteiger partial charge in [0.25, 0.3) is 0 Å². The molecule has 0 aromatic heterocycles. The maximum atomic E-state index is 5.87. The van der Waals surface area contributed by atoms with E-state index in [1.165, 1.54) is 0 Å². The van der Waals surface area contributed by atoms with Crippen LogP contribution in [0.25, 0.3) is 0 Å². The Hall–Kier alpha value is -0.400. The van der Waals surface area contributed by atoms with Gasteiger partial charge in [0.05, 0.1) is 11.6 Å². The lowest BCUT2D eigenvalue weighted by molar-refractivity contribution is 0.317. The molecule has 0 bridgehead atoms. The molecule has 0 atom stereocenters. The fourth-order valence-corrected chi connectivity index (χ4v) is 1.15. The minimum Gasteiger partial charge on any atom is -0.492 e. The zero-order valence-corrected chi connectivity index (χ0v) is 8.32. The number of ether oxygens (including phenoxy) is 1. The maximum absolute atomic E-state index is 5.87. The molecule has 1 nitrogen and oxygen atoms in total. The fourth-order valence-electron chi connectivity index (χ4n) is 0.808. The second-order valence-corrected chi connectivity index (χ2v) is 3.19. The van der Waals surface area contributed by atoms with Crippen molar-refractivity contribution in [3.05, 3.63) is 28.2 Å². The molecule has 0 spiro atoms. The Morgan fingerprint density at radius 1 is 1.33 bits per heavy atom. The van der Waals surface area contributed by atoms with Gasteiger partial charge in [-0.05, 0) is 18.6 Å². The highest BCUT2D eigenvalue weighted by molar-refractivity contribution is 6.42. The molecule has 0 aliphatic carbocycles. The monoisotopic (exact) mass is 204 g/mol. The summed E-state index contributed by atoms with van der Waals surface area (Å²) in [5.74, 6) is 0.658. The maximum Gasteiger partial charge on any atom is 0.139 e. The molecule has 3 heteroatoms. The van der Waals surface area contributed by atoms with Crippen molar-refractivity contribution in [3.63, 3.8) is 0 Å². The first-order valence-corrected chi connectivity index (χ1v) is 4.58. The first-order valence-electron chi connectivity index (χ1n) is 3.82. The van der Waals surface area contributed by atoms with Crippen LogP contribution in [0.5, 0.6) is 5.75 Å². The molecule has 1 aromatic rings. The largest absolute Gasteiger partial charge is 0.492 e. The van der Waals surface area contributed by atoms with Gasteiger partial charge in [0.2, 0.25) is 0 Å². The Balaban J connectivity index is 2.78. The smallest absolute Gasteiger partial charge is 0.139 e. The minimum atomic E-state index is 0.493. The van der Waals surface area contributed by atoms with Crippen molar-refractivity contribution in [1.29, 1.82) is 0 Å². The molecule has 0 aliphatic heterocycles. The summed E-state index contributed by atoms with van der Waals surface area (Å²) in [6, 6.07) is 5.37. The van der Waals surface area contributed by atoms with Crippen LogP contribution >= 0.6 is 23.2 Å². The standard InChI is InChI=1S/C9H10Cl2O/c1-2-6-12-8-5-3-4-7(10)9(8)11/h3-5H,2,6H2,1H3. The van der Waals surface area contributed by atoms with Crippen LogP contribution in [0.3, 0.4) is 0 Å². The molecule has 0 N–H and O–H groups in total. The van der Waals surface area contributed by atoms with Gasteiger partial charge in [-0.2, -0.15) is 0 Å². The predicted octanol–water partition coefficient (Wildman–Crippen LogP) is 3.78. The van der Waals surface area contributed by atoms with E-state index in [1.54, 1.807) is 6.07 Å². The molecule has 0 saturated carbocycles. The van der Waals surface area contributed by atoms with E-state index in [-0.39, 0.29) is 0 Å². The molecule has 1 aromatic carbocycles. The van der Waals surface area contributed by atoms with Gasteiger partial charge in [-0.25, -0.2) is 0 Å². The second kappa shape index (κ2) is 4.58. The molecule has 0 saturated heterocycles. The topological polar surface area (TPSA) is 9.23 Å². The molecule has 1 rings (SSSR count). The highest BCUT2D eigenvalue weighted by Gasteiger charge is 2.03. The van der Waals surface area contributed by atoms with Crippen molar-refractivity contribution in [3.8, 4) is 5.75 Å². The minimum absolute atomic E-state index is 0.493. The molecular weight excluding hydrogens is 195 g/mol. The fraction of sp³-hybridized carbons (Fsp3) is 0.333. The Morgan fingerprint density at radius 2 is 2.08 bits per heavy atom. The zero-order valence-electron chi connectivity index (χ0n) is 6.81. The third kappa shape index (κ3) is 2.29. The quantitative estimate of drug-likeness (QED) is 0.729. The lowest BCUT2D eigenvalue weighted by Gasteiger charge is -2.06. The van der Waals surface area contributed by atoms with E-state index in [2.05, 4.69) is 0 Å². The molecule has 0 radical (unpaired) electrons. The molecule has 0 aliphatic rings. The summed E-state index contributed by atoms with van der Waals surface area (Å²) in [4.78, 5) is 0. The van der Waals surface area contributed by atoms with Gasteiger partial charge >= 0.3 is 0 Å². The Labute approximate surface area is 82.2 Å². The van der Waals surface area contributed by atoms with Crippen LogP contribution in [-0.2, 0) is 0 Å². The SMILES string of the molecule is CCCOc1cccc(Cl)c1Cl. The van der Waals surface area contributed by atoms with Crippen molar-refractivity contribution in [2.45, 2.75) is 13.3 Å². The van der Waals surface area contributed by atoms with Gasteiger partial charge in [0.15, 0.2) is 0 Å². The zero-order chi connectivity index (χ0) is 8.97. The lowest BCUT2D eigenvalue weighted by Crippen LogP contribution is -1.95. The molecule has 66 valence electrons. The summed E-state index contributed by atoms with van der Waals surface area (Å²) in [5, 5.41) is 1.03. The van der Waals surface area contributed by atoms with Gasteiger partial charge in [-0.3, -0.25) is 0 Å². The normalized spacial score (nSPS) is 9.92. The number of hydrogen-bond acceptors (Lipinski definition) is 1. The van der Waals surface area contributed by atoms with Gasteiger partial charge in [-0.15, -0.1) is 0 Å². The Kier molecular flexibility index (Phi) is 3.70. The van der Waals surface area contributed by atoms with Crippen LogP contribution in [0.15, 0.2) is 18.2 Å². The van der Waals surface area contributed by atoms with Crippen LogP contribution in [-0.4, -0.2) is 6.61 Å². The summed E-state index contributed by atoms with van der Waals surface area (Å²) in [7, 11) is 0. The molecule has 12 heavy (non-hydrogen) atoms. The van der Waals surface area contributed by atoms with E-state index in [0.717, 1.165) is 6.42 Å². The van der Waals surface area contributed by atoms with Crippen LogP contribution < -0.4 is 4.74 Å². The average molecular weight is 205 g/mol. The second-order valence-electron chi connectivity index (χ2n) is 2.40. The number of benzene rings is 1. The van der Waals surface area contributed by atoms with E-state index in [9.17, 15) is 0 Å². The van der Waals surface area contributed by atoms with Gasteiger partial charge < -0.3 is 4.74 Å². The average Bonchev–Trinajstić information content (AvgIpc) is 2.08. The Bertz CT molecular complexity index is 261. The molecule has 0 unspecified atom stereocenters. The first kappa shape index (κ1) is 9.69. The van der Waals surface area contributed by atoms with Crippen molar-refractivity contribution in [1.82, 2.24) is 0 Å². The van der Waals surface area contributed by atoms with Crippen molar-refractivity contribution in [2.24, 2.45) is 0 Å². The number of hydrogen-bond donors (Lipinski definition) is 0. The Morgan fingerprint density at radius 3 is 2.75 bits per heavy atom. The van der Waals surface area contributed by atoms with Gasteiger partial charge in [0.1, 0.15) is 10.8 Å². The summed E-state index contributed by atoms with van der Waals surface area (Å²) in [6.07, 6.45) is 0.961. The van der Waals surface area contributed by atoms with Gasteiger partial charge in [0, 0.05) is 0 Å². The van der Waals surface area contributed by atoms with Crippen molar-refractivity contribution in [2.75, 3.05) is 6.61 Å². The van der Waals surface area contributed by atoms with E-state index >= 15 is 0 Å². The third-order valence-corrected chi connectivity index (χ3v) is 2.18. The summed E-state index contributed by atoms with van der Waals surface area (Å²) < 4.78 is 5.35. The molecule has 0 fully saturated rings. The van der Waals surface area contributed by atoms with Crippen LogP contribution in [0, 0.1) is 0 Å². The van der Waals surface area contributed by atoms with Crippen molar-refractivity contribution < 1.29 is 4.74 Å². The van der Waals surface area contributed by atoms with E-state index in [0.29, 0.717) is 22.4 Å². The number of rotatable bonds is 3. The highest BCUT2D eigenvalue weighted by atomic mass is 35.5. The highest BCUT2D eigenvalue weighted by Crippen LogP contribution is 2.31. The van der Waals surface area contributed by atoms with E-state index in [4.69, 9.17) is 27.9 Å². The number of halogens is 2. The lowest BCUT2D eigenvalue weighted by atomic mass is 10.3. The third-order valence-electron chi connectivity index (χ3n) is 1.38. The van der Waals surface area contributed by atoms with Crippen LogP contribution in [0.4, 0.5) is 0 Å². The summed E-state index contributed by atoms with van der Waals surface area (Å²) in [5.41, 5.74) is 0. The first-order chi connectivity index (χ1) is 5.75. The molecular formula is C9H10Cl2O. The molecule has 0 heterocycles. The van der Waals surface area contributed by atoms with E-state index < -0.39 is 0 Å². The van der Waals surface area contributed by atoms with E-state index in [1.807, 2.05) is 19.1 Å². The predicted molar refractivity (Wildman–Crippen MR) is 52.2 cm³/mol. The summed E-state index contributed by atoms with van der Waals surface area (Å²) in [6.45, 7) is 2.71. The molecule has 0 amide bonds.